The molecule has 1 N–H and O–H groups in total. The molecule has 3 rings (SSSR count). The molecule has 9 heteroatoms. The van der Waals surface area contributed by atoms with Gasteiger partial charge in [-0.2, -0.15) is 0 Å². The van der Waals surface area contributed by atoms with Crippen molar-refractivity contribution in [2.45, 2.75) is 88.0 Å². The minimum atomic E-state index is -1.14. The number of hydrogen-bond acceptors (Lipinski definition) is 6. The van der Waals surface area contributed by atoms with Gasteiger partial charge in [-0.3, -0.25) is 14.4 Å². The minimum Gasteiger partial charge on any atom is -0.466 e. The molecule has 3 aliphatic heterocycles. The topological polar surface area (TPSA) is 96.4 Å². The van der Waals surface area contributed by atoms with Crippen LogP contribution in [0.4, 0.5) is 0 Å². The predicted molar refractivity (Wildman–Crippen MR) is 127 cm³/mol. The van der Waals surface area contributed by atoms with E-state index in [-0.39, 0.29) is 35.9 Å². The van der Waals surface area contributed by atoms with Crippen molar-refractivity contribution in [3.8, 4) is 0 Å². The number of fused-ring (bicyclic) bond motifs is 1. The maximum atomic E-state index is 14.2. The lowest BCUT2D eigenvalue weighted by Gasteiger charge is -2.40. The van der Waals surface area contributed by atoms with Crippen LogP contribution in [0.2, 0.25) is 0 Å². The molecule has 2 unspecified atom stereocenters. The van der Waals surface area contributed by atoms with Gasteiger partial charge in [0.05, 0.1) is 37.2 Å². The van der Waals surface area contributed by atoms with Crippen molar-refractivity contribution in [1.82, 2.24) is 9.80 Å². The monoisotopic (exact) mass is 528 g/mol. The van der Waals surface area contributed by atoms with E-state index in [1.165, 1.54) is 4.90 Å². The lowest BCUT2D eigenvalue weighted by molar-refractivity contribution is -0.156. The van der Waals surface area contributed by atoms with Gasteiger partial charge in [-0.1, -0.05) is 42.3 Å². The van der Waals surface area contributed by atoms with Gasteiger partial charge in [0.25, 0.3) is 0 Å². The van der Waals surface area contributed by atoms with Crippen LogP contribution in [0.5, 0.6) is 0 Å². The van der Waals surface area contributed by atoms with Crippen molar-refractivity contribution in [2.75, 3.05) is 19.8 Å². The molecule has 3 heterocycles. The third-order valence-corrected chi connectivity index (χ3v) is 8.29. The maximum Gasteiger partial charge on any atom is 0.312 e. The second-order valence-electron chi connectivity index (χ2n) is 9.32. The molecule has 186 valence electrons. The molecule has 2 bridgehead atoms. The summed E-state index contributed by atoms with van der Waals surface area (Å²) in [6, 6.07) is -1.52. The van der Waals surface area contributed by atoms with Crippen LogP contribution >= 0.6 is 15.9 Å². The van der Waals surface area contributed by atoms with Gasteiger partial charge in [0.15, 0.2) is 0 Å². The number of halogens is 1. The first-order valence-corrected chi connectivity index (χ1v) is 13.0. The fourth-order valence-electron chi connectivity index (χ4n) is 6.02. The number of amides is 2. The second-order valence-corrected chi connectivity index (χ2v) is 10.5. The van der Waals surface area contributed by atoms with Crippen molar-refractivity contribution >= 4 is 33.7 Å². The van der Waals surface area contributed by atoms with E-state index < -0.39 is 41.6 Å². The molecule has 0 saturated carbocycles. The van der Waals surface area contributed by atoms with Crippen LogP contribution < -0.4 is 0 Å². The van der Waals surface area contributed by atoms with Crippen LogP contribution in [0.1, 0.15) is 53.4 Å². The fourth-order valence-corrected chi connectivity index (χ4v) is 6.96. The lowest BCUT2D eigenvalue weighted by Crippen LogP contribution is -2.60. The highest BCUT2D eigenvalue weighted by Crippen LogP contribution is 2.60. The molecule has 1 spiro atoms. The first kappa shape index (κ1) is 26.2. The molecule has 8 nitrogen and oxygen atoms in total. The smallest absolute Gasteiger partial charge is 0.312 e. The van der Waals surface area contributed by atoms with Crippen molar-refractivity contribution < 1.29 is 29.0 Å². The summed E-state index contributed by atoms with van der Waals surface area (Å²) < 4.78 is 11.8. The van der Waals surface area contributed by atoms with Crippen molar-refractivity contribution in [3.05, 3.63) is 12.7 Å². The number of hydrogen-bond donors (Lipinski definition) is 1. The van der Waals surface area contributed by atoms with Gasteiger partial charge in [-0.15, -0.1) is 6.58 Å². The third-order valence-electron chi connectivity index (χ3n) is 7.44. The van der Waals surface area contributed by atoms with Crippen LogP contribution in [0.25, 0.3) is 0 Å². The molecule has 3 aliphatic rings. The zero-order valence-corrected chi connectivity index (χ0v) is 21.6. The summed E-state index contributed by atoms with van der Waals surface area (Å²) in [5.74, 6) is -2.59. The average molecular weight is 529 g/mol. The van der Waals surface area contributed by atoms with Crippen LogP contribution in [-0.4, -0.2) is 87.1 Å². The van der Waals surface area contributed by atoms with E-state index in [1.54, 1.807) is 17.9 Å². The molecule has 0 aromatic carbocycles. The van der Waals surface area contributed by atoms with Gasteiger partial charge in [0.2, 0.25) is 11.8 Å². The molecule has 3 saturated heterocycles. The van der Waals surface area contributed by atoms with Gasteiger partial charge in [0.1, 0.15) is 11.6 Å². The summed E-state index contributed by atoms with van der Waals surface area (Å²) in [7, 11) is 0. The van der Waals surface area contributed by atoms with E-state index >= 15 is 0 Å². The van der Waals surface area contributed by atoms with Crippen LogP contribution in [0.15, 0.2) is 12.7 Å². The van der Waals surface area contributed by atoms with Crippen LogP contribution in [0, 0.1) is 11.8 Å². The number of aliphatic hydroxyl groups excluding tert-OH is 1. The number of alkyl halides is 1. The third kappa shape index (κ3) is 4.14. The summed E-state index contributed by atoms with van der Waals surface area (Å²) >= 11 is 3.64. The van der Waals surface area contributed by atoms with Crippen molar-refractivity contribution in [2.24, 2.45) is 11.8 Å². The first-order valence-electron chi connectivity index (χ1n) is 12.1. The van der Waals surface area contributed by atoms with E-state index in [9.17, 15) is 19.5 Å². The number of carbonyl (C=O) groups excluding carboxylic acids is 3. The lowest BCUT2D eigenvalue weighted by atomic mass is 9.70. The summed E-state index contributed by atoms with van der Waals surface area (Å²) in [5, 5.41) is 10.1. The Hall–Kier alpha value is -1.45. The highest BCUT2D eigenvalue weighted by atomic mass is 79.9. The molecular formula is C24H37BrN2O6. The van der Waals surface area contributed by atoms with E-state index in [4.69, 9.17) is 9.47 Å². The number of ether oxygens (including phenoxy) is 2. The summed E-state index contributed by atoms with van der Waals surface area (Å²) in [4.78, 5) is 44.1. The molecule has 3 fully saturated rings. The van der Waals surface area contributed by atoms with Gasteiger partial charge in [-0.05, 0) is 33.1 Å². The highest BCUT2D eigenvalue weighted by Gasteiger charge is 2.77. The molecule has 2 amide bonds. The number of rotatable bonds is 11. The molecule has 33 heavy (non-hydrogen) atoms. The molecule has 8 atom stereocenters. The number of nitrogens with zero attached hydrogens (tertiary/aromatic N) is 2. The number of esters is 1. The summed E-state index contributed by atoms with van der Waals surface area (Å²) in [6.45, 7) is 11.7. The molecule has 0 aromatic heterocycles. The Morgan fingerprint density at radius 1 is 1.42 bits per heavy atom. The largest absolute Gasteiger partial charge is 0.466 e. The van der Waals surface area contributed by atoms with Gasteiger partial charge in [-0.25, -0.2) is 0 Å². The SMILES string of the molecule is C=CCN(C(=O)[C@H]1N([C@@H](CC)CO)C(=O)[C@@H]2[C@@H](C(=O)OCC)[C@@H]3O[C@@]21CC3Br)C(C)CCC. The van der Waals surface area contributed by atoms with Gasteiger partial charge < -0.3 is 24.4 Å². The Morgan fingerprint density at radius 3 is 2.67 bits per heavy atom. The molecule has 0 aliphatic carbocycles. The number of likely N-dealkylation sites (tertiary alicyclic amines) is 1. The van der Waals surface area contributed by atoms with E-state index in [0.717, 1.165) is 12.8 Å². The number of aliphatic hydroxyl groups is 1. The average Bonchev–Trinajstić information content (AvgIpc) is 3.37. The quantitative estimate of drug-likeness (QED) is 0.251. The summed E-state index contributed by atoms with van der Waals surface area (Å²) in [6.07, 6.45) is 3.78. The summed E-state index contributed by atoms with van der Waals surface area (Å²) in [5.41, 5.74) is -1.14. The Labute approximate surface area is 204 Å². The normalized spacial score (nSPS) is 34.2. The first-order chi connectivity index (χ1) is 15.7. The van der Waals surface area contributed by atoms with E-state index in [0.29, 0.717) is 19.4 Å². The zero-order chi connectivity index (χ0) is 24.5. The van der Waals surface area contributed by atoms with Gasteiger partial charge >= 0.3 is 5.97 Å². The van der Waals surface area contributed by atoms with Crippen LogP contribution in [0.3, 0.4) is 0 Å². The Kier molecular flexibility index (Phi) is 8.28. The van der Waals surface area contributed by atoms with Crippen LogP contribution in [-0.2, 0) is 23.9 Å². The van der Waals surface area contributed by atoms with Crippen molar-refractivity contribution in [1.29, 1.82) is 0 Å². The maximum absolute atomic E-state index is 14.2. The molecule has 0 radical (unpaired) electrons. The second kappa shape index (κ2) is 10.4. The Balaban J connectivity index is 2.11. The Bertz CT molecular complexity index is 774. The zero-order valence-electron chi connectivity index (χ0n) is 20.0. The predicted octanol–water partition coefficient (Wildman–Crippen LogP) is 2.27. The standard InChI is InChI=1S/C24H37BrN2O6/c1-6-10-14(5)26(11-7-2)22(30)20-24-12-16(25)19(33-24)17(23(31)32-9-4)18(24)21(29)27(20)15(8-3)13-28/h7,14-20,28H,2,6,8-13H2,1,3-5H3/t14?,15-,16?,17+,18-,19+,20+,24-/m0/s1. The minimum absolute atomic E-state index is 0.0543. The van der Waals surface area contributed by atoms with Gasteiger partial charge in [0, 0.05) is 17.4 Å². The van der Waals surface area contributed by atoms with E-state index in [2.05, 4.69) is 29.4 Å². The van der Waals surface area contributed by atoms with Crippen molar-refractivity contribution in [3.63, 3.8) is 0 Å². The highest BCUT2D eigenvalue weighted by molar-refractivity contribution is 9.09. The molecule has 0 aromatic rings. The van der Waals surface area contributed by atoms with E-state index in [1.807, 2.05) is 13.8 Å². The molecular weight excluding hydrogens is 492 g/mol. The fraction of sp³-hybridized carbons (Fsp3) is 0.792. The number of carbonyl (C=O) groups is 3. The Morgan fingerprint density at radius 2 is 2.12 bits per heavy atom.